The lowest BCUT2D eigenvalue weighted by atomic mass is 9.82. The second-order valence-corrected chi connectivity index (χ2v) is 16.0. The summed E-state index contributed by atoms with van der Waals surface area (Å²) in [4.78, 5) is 2.41. The van der Waals surface area contributed by atoms with Crippen molar-refractivity contribution in [2.45, 2.75) is 19.3 Å². The van der Waals surface area contributed by atoms with E-state index in [0.29, 0.717) is 0 Å². The van der Waals surface area contributed by atoms with Crippen LogP contribution in [0, 0.1) is 0 Å². The second kappa shape index (κ2) is 13.9. The first kappa shape index (κ1) is 34.8. The first-order chi connectivity index (χ1) is 29.0. The van der Waals surface area contributed by atoms with Gasteiger partial charge in [-0.1, -0.05) is 190 Å². The minimum atomic E-state index is -0.0687. The van der Waals surface area contributed by atoms with Gasteiger partial charge in [0, 0.05) is 27.4 Å². The molecular formula is C57H41NO. The predicted octanol–water partition coefficient (Wildman–Crippen LogP) is 16.0. The molecule has 0 unspecified atom stereocenters. The van der Waals surface area contributed by atoms with Crippen LogP contribution in [0.25, 0.3) is 77.6 Å². The molecule has 280 valence electrons. The highest BCUT2D eigenvalue weighted by molar-refractivity contribution is 6.11. The number of benzene rings is 9. The molecule has 2 heteroatoms. The van der Waals surface area contributed by atoms with Crippen molar-refractivity contribution in [3.05, 3.63) is 223 Å². The van der Waals surface area contributed by atoms with Crippen molar-refractivity contribution in [3.63, 3.8) is 0 Å². The summed E-state index contributed by atoms with van der Waals surface area (Å²) in [5.41, 5.74) is 19.5. The molecule has 9 aromatic carbocycles. The Morgan fingerprint density at radius 2 is 0.932 bits per heavy atom. The average Bonchev–Trinajstić information content (AvgIpc) is 3.79. The predicted molar refractivity (Wildman–Crippen MR) is 248 cm³/mol. The van der Waals surface area contributed by atoms with Crippen molar-refractivity contribution in [1.29, 1.82) is 0 Å². The standard InChI is InChI=1S/C57H41NO/c1-57(2)50-30-13-11-26-46(50)49-37-41(34-35-51(49)57)45-28-16-31-52(55(45)39-20-7-4-8-21-39)58(53-32-17-29-48-47-27-12-14-33-54(47)59-56(48)53)42-23-15-22-40(36-42)44-25-10-9-24-43(44)38-18-5-3-6-19-38/h3-37H,1-2H3. The van der Waals surface area contributed by atoms with Crippen LogP contribution >= 0.6 is 0 Å². The third-order valence-electron chi connectivity index (χ3n) is 12.3. The molecule has 0 spiro atoms. The highest BCUT2D eigenvalue weighted by Crippen LogP contribution is 2.52. The van der Waals surface area contributed by atoms with Gasteiger partial charge in [-0.2, -0.15) is 0 Å². The first-order valence-corrected chi connectivity index (χ1v) is 20.4. The Kier molecular flexibility index (Phi) is 8.20. The van der Waals surface area contributed by atoms with Crippen LogP contribution in [-0.2, 0) is 5.41 Å². The van der Waals surface area contributed by atoms with Crippen LogP contribution in [0.15, 0.2) is 217 Å². The number of fused-ring (bicyclic) bond motifs is 6. The van der Waals surface area contributed by atoms with Gasteiger partial charge in [0.2, 0.25) is 0 Å². The van der Waals surface area contributed by atoms with Crippen molar-refractivity contribution in [2.75, 3.05) is 4.90 Å². The van der Waals surface area contributed by atoms with E-state index in [1.54, 1.807) is 0 Å². The maximum Gasteiger partial charge on any atom is 0.159 e. The lowest BCUT2D eigenvalue weighted by Crippen LogP contribution is -2.14. The molecule has 2 nitrogen and oxygen atoms in total. The van der Waals surface area contributed by atoms with Gasteiger partial charge in [0.25, 0.3) is 0 Å². The molecule has 0 amide bonds. The van der Waals surface area contributed by atoms with Gasteiger partial charge in [-0.3, -0.25) is 0 Å². The van der Waals surface area contributed by atoms with Gasteiger partial charge in [0.05, 0.1) is 11.4 Å². The summed E-state index contributed by atoms with van der Waals surface area (Å²) in [7, 11) is 0. The molecule has 0 aliphatic heterocycles. The minimum absolute atomic E-state index is 0.0687. The topological polar surface area (TPSA) is 16.4 Å². The van der Waals surface area contributed by atoms with Crippen molar-refractivity contribution in [1.82, 2.24) is 0 Å². The summed E-state index contributed by atoms with van der Waals surface area (Å²) in [6.45, 7) is 4.69. The lowest BCUT2D eigenvalue weighted by Gasteiger charge is -2.30. The van der Waals surface area contributed by atoms with E-state index in [-0.39, 0.29) is 5.41 Å². The first-order valence-electron chi connectivity index (χ1n) is 20.4. The molecule has 0 saturated heterocycles. The van der Waals surface area contributed by atoms with Gasteiger partial charge >= 0.3 is 0 Å². The van der Waals surface area contributed by atoms with Gasteiger partial charge < -0.3 is 9.32 Å². The van der Waals surface area contributed by atoms with Gasteiger partial charge in [-0.05, 0) is 97.6 Å². The Balaban J connectivity index is 1.18. The molecular weight excluding hydrogens is 715 g/mol. The van der Waals surface area contributed by atoms with E-state index in [0.717, 1.165) is 55.7 Å². The summed E-state index contributed by atoms with van der Waals surface area (Å²) >= 11 is 0. The normalized spacial score (nSPS) is 12.7. The molecule has 0 fully saturated rings. The quantitative estimate of drug-likeness (QED) is 0.161. The molecule has 1 aliphatic carbocycles. The Labute approximate surface area is 345 Å². The summed E-state index contributed by atoms with van der Waals surface area (Å²) < 4.78 is 6.82. The molecule has 0 saturated carbocycles. The van der Waals surface area contributed by atoms with E-state index >= 15 is 0 Å². The maximum atomic E-state index is 6.82. The summed E-state index contributed by atoms with van der Waals surface area (Å²) in [6.07, 6.45) is 0. The SMILES string of the molecule is CC1(C)c2ccccc2-c2cc(-c3cccc(N(c4cccc(-c5ccccc5-c5ccccc5)c4)c4cccc5c4oc4ccccc45)c3-c3ccccc3)ccc21. The lowest BCUT2D eigenvalue weighted by molar-refractivity contribution is 0.660. The van der Waals surface area contributed by atoms with Crippen LogP contribution in [-0.4, -0.2) is 0 Å². The number of hydrogen-bond acceptors (Lipinski definition) is 2. The second-order valence-electron chi connectivity index (χ2n) is 16.0. The van der Waals surface area contributed by atoms with E-state index in [1.165, 1.54) is 50.1 Å². The van der Waals surface area contributed by atoms with Gasteiger partial charge in [0.1, 0.15) is 5.58 Å². The van der Waals surface area contributed by atoms with Gasteiger partial charge in [-0.15, -0.1) is 0 Å². The van der Waals surface area contributed by atoms with E-state index < -0.39 is 0 Å². The van der Waals surface area contributed by atoms with E-state index in [1.807, 2.05) is 6.07 Å². The summed E-state index contributed by atoms with van der Waals surface area (Å²) in [5, 5.41) is 2.19. The zero-order valence-corrected chi connectivity index (χ0v) is 33.1. The number of nitrogens with zero attached hydrogens (tertiary/aromatic N) is 1. The van der Waals surface area contributed by atoms with Gasteiger partial charge in [0.15, 0.2) is 5.58 Å². The molecule has 11 rings (SSSR count). The van der Waals surface area contributed by atoms with Crippen LogP contribution in [0.2, 0.25) is 0 Å². The molecule has 59 heavy (non-hydrogen) atoms. The monoisotopic (exact) mass is 755 g/mol. The van der Waals surface area contributed by atoms with Gasteiger partial charge in [-0.25, -0.2) is 0 Å². The Bertz CT molecular complexity index is 3190. The fourth-order valence-corrected chi connectivity index (χ4v) is 9.50. The number of anilines is 3. The Morgan fingerprint density at radius 3 is 1.75 bits per heavy atom. The number of hydrogen-bond donors (Lipinski definition) is 0. The maximum absolute atomic E-state index is 6.82. The van der Waals surface area contributed by atoms with E-state index in [2.05, 4.69) is 225 Å². The molecule has 1 heterocycles. The van der Waals surface area contributed by atoms with Crippen molar-refractivity contribution in [3.8, 4) is 55.6 Å². The van der Waals surface area contributed by atoms with E-state index in [4.69, 9.17) is 4.42 Å². The van der Waals surface area contributed by atoms with Crippen LogP contribution < -0.4 is 4.90 Å². The largest absolute Gasteiger partial charge is 0.454 e. The third kappa shape index (κ3) is 5.71. The number of para-hydroxylation sites is 2. The molecule has 1 aliphatic rings. The minimum Gasteiger partial charge on any atom is -0.454 e. The Hall–Kier alpha value is -7.42. The highest BCUT2D eigenvalue weighted by Gasteiger charge is 2.35. The van der Waals surface area contributed by atoms with Crippen LogP contribution in [0.1, 0.15) is 25.0 Å². The average molecular weight is 756 g/mol. The molecule has 0 radical (unpaired) electrons. The van der Waals surface area contributed by atoms with E-state index in [9.17, 15) is 0 Å². The number of rotatable bonds is 7. The molecule has 10 aromatic rings. The smallest absolute Gasteiger partial charge is 0.159 e. The number of furan rings is 1. The highest BCUT2D eigenvalue weighted by atomic mass is 16.3. The molecule has 0 bridgehead atoms. The van der Waals surface area contributed by atoms with Crippen molar-refractivity contribution in [2.24, 2.45) is 0 Å². The van der Waals surface area contributed by atoms with Crippen LogP contribution in [0.3, 0.4) is 0 Å². The Morgan fingerprint density at radius 1 is 0.373 bits per heavy atom. The van der Waals surface area contributed by atoms with Crippen LogP contribution in [0.4, 0.5) is 17.1 Å². The fourth-order valence-electron chi connectivity index (χ4n) is 9.50. The summed E-state index contributed by atoms with van der Waals surface area (Å²) in [6, 6.07) is 76.8. The zero-order valence-electron chi connectivity index (χ0n) is 33.1. The third-order valence-corrected chi connectivity index (χ3v) is 12.3. The zero-order chi connectivity index (χ0) is 39.5. The fraction of sp³-hybridized carbons (Fsp3) is 0.0526. The van der Waals surface area contributed by atoms with Crippen molar-refractivity contribution >= 4 is 39.0 Å². The molecule has 0 N–H and O–H groups in total. The van der Waals surface area contributed by atoms with Crippen molar-refractivity contribution < 1.29 is 4.42 Å². The molecule has 0 atom stereocenters. The summed E-state index contributed by atoms with van der Waals surface area (Å²) in [5.74, 6) is 0. The molecule has 1 aromatic heterocycles. The van der Waals surface area contributed by atoms with Crippen LogP contribution in [0.5, 0.6) is 0 Å².